The Morgan fingerprint density at radius 1 is 0.169 bits per heavy atom. The molecule has 0 bridgehead atoms. The van der Waals surface area contributed by atoms with Crippen LogP contribution in [0, 0.1) is 76.4 Å². The monoisotopic (exact) mass is 1220 g/mol. The average molecular weight is 1220 g/mol. The Balaban J connectivity index is 0.558. The molecule has 0 amide bonds. The van der Waals surface area contributed by atoms with E-state index in [-0.39, 0.29) is 0 Å². The van der Waals surface area contributed by atoms with Crippen molar-refractivity contribution in [1.82, 2.24) is 19.6 Å². The molecule has 0 aromatic heterocycles. The predicted molar refractivity (Wildman–Crippen MR) is 374 cm³/mol. The van der Waals surface area contributed by atoms with Gasteiger partial charge in [-0.25, -0.2) is 0 Å². The van der Waals surface area contributed by atoms with E-state index in [9.17, 15) is 0 Å². The van der Waals surface area contributed by atoms with Crippen molar-refractivity contribution in [2.45, 2.75) is 458 Å². The van der Waals surface area contributed by atoms with Crippen molar-refractivity contribution in [3.63, 3.8) is 0 Å². The molecule has 16 rings (SSSR count). The molecule has 0 aromatic carbocycles. The van der Waals surface area contributed by atoms with Gasteiger partial charge in [0.25, 0.3) is 0 Å². The summed E-state index contributed by atoms with van der Waals surface area (Å²) in [5.74, 6) is 12.6. The van der Waals surface area contributed by atoms with Gasteiger partial charge in [-0.15, -0.1) is 0 Å². The number of rotatable bonds is 14. The molecular weight excluding hydrogens is 1080 g/mol. The highest BCUT2D eigenvalue weighted by Crippen LogP contribution is 2.70. The van der Waals surface area contributed by atoms with Crippen LogP contribution in [0.1, 0.15) is 385 Å². The van der Waals surface area contributed by atoms with Crippen molar-refractivity contribution in [3.8, 4) is 0 Å². The molecule has 0 saturated heterocycles. The second-order valence-corrected chi connectivity index (χ2v) is 37.6. The summed E-state index contributed by atoms with van der Waals surface area (Å²) in [4.78, 5) is 13.7. The zero-order valence-corrected chi connectivity index (χ0v) is 58.6. The Kier molecular flexibility index (Phi) is 21.1. The molecule has 4 heteroatoms. The molecule has 0 aliphatic heterocycles. The van der Waals surface area contributed by atoms with Crippen molar-refractivity contribution in [1.29, 1.82) is 0 Å². The van der Waals surface area contributed by atoms with Gasteiger partial charge in [-0.3, -0.25) is 19.6 Å². The molecular formula is C85H144N4. The van der Waals surface area contributed by atoms with E-state index in [1.54, 1.807) is 218 Å². The lowest BCUT2D eigenvalue weighted by Crippen LogP contribution is -2.56. The van der Waals surface area contributed by atoms with Crippen molar-refractivity contribution in [2.24, 2.45) is 76.4 Å². The van der Waals surface area contributed by atoms with Gasteiger partial charge < -0.3 is 0 Å². The SMILES string of the molecule is C1CCC(N(C2CCC(C3CCC(N(C4CCCCC4)C4CCCC5CCCCC54)CC3)CC2)C2CCC3C4CCC(N(C5CCCCC5)C5CCC(C6CCC(N(C7CCCCC7)C7CCCC8CCCCC87)CC6)CC5)CC4C4(CCCC4)C3C2)CC1. The van der Waals surface area contributed by atoms with Gasteiger partial charge in [0.2, 0.25) is 0 Å². The second kappa shape index (κ2) is 29.5. The van der Waals surface area contributed by atoms with Crippen LogP contribution in [0.5, 0.6) is 0 Å². The molecule has 0 heterocycles. The first kappa shape index (κ1) is 63.6. The van der Waals surface area contributed by atoms with Gasteiger partial charge >= 0.3 is 0 Å². The van der Waals surface area contributed by atoms with E-state index in [2.05, 4.69) is 19.6 Å². The van der Waals surface area contributed by atoms with Crippen LogP contribution in [0.25, 0.3) is 0 Å². The summed E-state index contributed by atoms with van der Waals surface area (Å²) in [5.41, 5.74) is 0.694. The maximum atomic E-state index is 3.46. The molecule has 0 N–H and O–H groups in total. The Morgan fingerprint density at radius 2 is 0.438 bits per heavy atom. The van der Waals surface area contributed by atoms with Gasteiger partial charge in [0, 0.05) is 72.5 Å². The van der Waals surface area contributed by atoms with Crippen LogP contribution < -0.4 is 0 Å². The van der Waals surface area contributed by atoms with E-state index >= 15 is 0 Å². The summed E-state index contributed by atoms with van der Waals surface area (Å²) in [6.45, 7) is 0. The van der Waals surface area contributed by atoms with Crippen molar-refractivity contribution < 1.29 is 0 Å². The highest BCUT2D eigenvalue weighted by molar-refractivity contribution is 5.14. The number of fused-ring (bicyclic) bond motifs is 7. The van der Waals surface area contributed by atoms with Gasteiger partial charge in [-0.2, -0.15) is 0 Å². The molecule has 504 valence electrons. The summed E-state index contributed by atoms with van der Waals surface area (Å²) in [6, 6.07) is 11.0. The molecule has 89 heavy (non-hydrogen) atoms. The molecule has 12 atom stereocenters. The normalized spacial score (nSPS) is 45.2. The minimum atomic E-state index is 0.694. The fraction of sp³-hybridized carbons (Fsp3) is 1.00. The predicted octanol–water partition coefficient (Wildman–Crippen LogP) is 22.6. The largest absolute Gasteiger partial charge is 0.294 e. The van der Waals surface area contributed by atoms with Crippen molar-refractivity contribution in [2.75, 3.05) is 0 Å². The quantitative estimate of drug-likeness (QED) is 0.172. The van der Waals surface area contributed by atoms with E-state index in [0.717, 1.165) is 144 Å². The number of nitrogens with zero attached hydrogens (tertiary/aromatic N) is 4. The topological polar surface area (TPSA) is 13.0 Å². The first-order valence-corrected chi connectivity index (χ1v) is 43.2. The van der Waals surface area contributed by atoms with Crippen LogP contribution in [-0.4, -0.2) is 92.1 Å². The lowest BCUT2D eigenvalue weighted by Gasteiger charge is -2.54. The Hall–Kier alpha value is -0.160. The summed E-state index contributed by atoms with van der Waals surface area (Å²) >= 11 is 0. The van der Waals surface area contributed by atoms with Gasteiger partial charge in [-0.05, 0) is 308 Å². The third kappa shape index (κ3) is 13.3. The Morgan fingerprint density at radius 3 is 0.787 bits per heavy atom. The summed E-state index contributed by atoms with van der Waals surface area (Å²) in [5, 5.41) is 0. The molecule has 16 aliphatic carbocycles. The lowest BCUT2D eigenvalue weighted by molar-refractivity contribution is -0.0431. The third-order valence-electron chi connectivity index (χ3n) is 34.0. The van der Waals surface area contributed by atoms with E-state index in [1.807, 2.05) is 0 Å². The molecule has 16 saturated carbocycles. The highest BCUT2D eigenvalue weighted by atomic mass is 15.3. The molecule has 0 radical (unpaired) electrons. The minimum Gasteiger partial charge on any atom is -0.294 e. The standard InChI is InChI=1S/C85H144N4/c1-5-25-67(26-6-1)86(71-45-37-61(38-46-71)63-41-49-73(50-42-63)88(69-29-9-3-10-30-69)83-35-19-23-65-21-13-15-33-77(65)83)75-53-55-79-80-56-54-76(60-82(80)85(81(79)59-75)57-17-18-58-85)87(68-27-7-2-8-28-68)72-47-39-62(40-48-72)64-43-51-74(52-44-64)89(70-31-11-4-12-32-70)84-36-20-24-66-22-14-16-34-78(66)84/h61-84H,1-60H2. The fourth-order valence-corrected chi connectivity index (χ4v) is 30.3. The van der Waals surface area contributed by atoms with Crippen molar-refractivity contribution >= 4 is 0 Å². The third-order valence-corrected chi connectivity index (χ3v) is 34.0. The summed E-state index contributed by atoms with van der Waals surface area (Å²) in [7, 11) is 0. The van der Waals surface area contributed by atoms with Gasteiger partial charge in [0.05, 0.1) is 0 Å². The summed E-state index contributed by atoms with van der Waals surface area (Å²) in [6.07, 6.45) is 93.3. The smallest absolute Gasteiger partial charge is 0.0132 e. The van der Waals surface area contributed by atoms with Gasteiger partial charge in [-0.1, -0.05) is 154 Å². The maximum Gasteiger partial charge on any atom is 0.0132 e. The van der Waals surface area contributed by atoms with Crippen LogP contribution in [0.15, 0.2) is 0 Å². The van der Waals surface area contributed by atoms with E-state index in [4.69, 9.17) is 0 Å². The number of hydrogen-bond donors (Lipinski definition) is 0. The zero-order valence-electron chi connectivity index (χ0n) is 58.6. The van der Waals surface area contributed by atoms with Crippen LogP contribution in [-0.2, 0) is 0 Å². The maximum absolute atomic E-state index is 3.46. The molecule has 4 nitrogen and oxygen atoms in total. The van der Waals surface area contributed by atoms with Gasteiger partial charge in [0.1, 0.15) is 0 Å². The van der Waals surface area contributed by atoms with E-state index in [1.165, 1.54) is 167 Å². The molecule has 16 aliphatic rings. The van der Waals surface area contributed by atoms with E-state index < -0.39 is 0 Å². The Labute approximate surface area is 550 Å². The molecule has 0 aromatic rings. The average Bonchev–Trinajstić information content (AvgIpc) is 2.00. The lowest BCUT2D eigenvalue weighted by atomic mass is 9.62. The first-order valence-electron chi connectivity index (χ1n) is 43.2. The van der Waals surface area contributed by atoms with E-state index in [0.29, 0.717) is 5.41 Å². The van der Waals surface area contributed by atoms with Crippen molar-refractivity contribution in [3.05, 3.63) is 0 Å². The minimum absolute atomic E-state index is 0.694. The number of hydrogen-bond acceptors (Lipinski definition) is 4. The Bertz CT molecular complexity index is 1980. The van der Waals surface area contributed by atoms with Crippen LogP contribution in [0.4, 0.5) is 0 Å². The fourth-order valence-electron chi connectivity index (χ4n) is 30.3. The second-order valence-electron chi connectivity index (χ2n) is 37.6. The highest BCUT2D eigenvalue weighted by Gasteiger charge is 2.63. The van der Waals surface area contributed by atoms with Crippen LogP contribution in [0.3, 0.4) is 0 Å². The van der Waals surface area contributed by atoms with Crippen LogP contribution in [0.2, 0.25) is 0 Å². The molecule has 16 fully saturated rings. The molecule has 1 spiro atoms. The summed E-state index contributed by atoms with van der Waals surface area (Å²) < 4.78 is 0. The molecule has 12 unspecified atom stereocenters. The van der Waals surface area contributed by atoms with Crippen LogP contribution >= 0.6 is 0 Å². The first-order chi connectivity index (χ1) is 44.1. The van der Waals surface area contributed by atoms with Gasteiger partial charge in [0.15, 0.2) is 0 Å². The zero-order chi connectivity index (χ0) is 59.1.